The van der Waals surface area contributed by atoms with Gasteiger partial charge in [-0.1, -0.05) is 90.4 Å². The van der Waals surface area contributed by atoms with Crippen LogP contribution in [0.25, 0.3) is 0 Å². The third kappa shape index (κ3) is 10.5. The summed E-state index contributed by atoms with van der Waals surface area (Å²) in [7, 11) is 0. The van der Waals surface area contributed by atoms with E-state index in [4.69, 9.17) is 5.73 Å². The molecule has 2 N–H and O–H groups in total. The van der Waals surface area contributed by atoms with E-state index in [0.29, 0.717) is 5.82 Å². The van der Waals surface area contributed by atoms with E-state index in [2.05, 4.69) is 11.9 Å². The molecule has 24 heavy (non-hydrogen) atoms. The first-order valence-corrected chi connectivity index (χ1v) is 10.1. The first-order chi connectivity index (χ1) is 11.7. The van der Waals surface area contributed by atoms with Gasteiger partial charge in [0, 0.05) is 12.7 Å². The molecule has 0 spiro atoms. The van der Waals surface area contributed by atoms with Crippen molar-refractivity contribution in [1.82, 2.24) is 9.55 Å². The zero-order chi connectivity index (χ0) is 17.5. The molecule has 0 saturated carbocycles. The van der Waals surface area contributed by atoms with Crippen molar-refractivity contribution in [1.29, 1.82) is 0 Å². The lowest BCUT2D eigenvalue weighted by molar-refractivity contribution is 0.519. The topological polar surface area (TPSA) is 60.9 Å². The molecule has 0 aromatic carbocycles. The van der Waals surface area contributed by atoms with Gasteiger partial charge in [-0.2, -0.15) is 4.98 Å². The molecule has 0 atom stereocenters. The van der Waals surface area contributed by atoms with Gasteiger partial charge < -0.3 is 5.73 Å². The minimum absolute atomic E-state index is 0.232. The Hall–Kier alpha value is -1.32. The molecule has 1 aromatic rings. The van der Waals surface area contributed by atoms with E-state index < -0.39 is 0 Å². The van der Waals surface area contributed by atoms with Crippen LogP contribution >= 0.6 is 0 Å². The zero-order valence-electron chi connectivity index (χ0n) is 15.6. The Bertz CT molecular complexity index is 470. The van der Waals surface area contributed by atoms with Crippen molar-refractivity contribution < 1.29 is 0 Å². The quantitative estimate of drug-likeness (QED) is 0.442. The fourth-order valence-electron chi connectivity index (χ4n) is 3.09. The molecule has 0 bridgehead atoms. The summed E-state index contributed by atoms with van der Waals surface area (Å²) in [5.41, 5.74) is 5.25. The highest BCUT2D eigenvalue weighted by molar-refractivity contribution is 5.23. The highest BCUT2D eigenvalue weighted by Gasteiger charge is 1.98. The Balaban J connectivity index is 1.85. The number of hydrogen-bond acceptors (Lipinski definition) is 3. The molecule has 0 aliphatic heterocycles. The third-order valence-corrected chi connectivity index (χ3v) is 4.65. The van der Waals surface area contributed by atoms with Gasteiger partial charge in [-0.25, -0.2) is 4.79 Å². The Morgan fingerprint density at radius 2 is 1.29 bits per heavy atom. The first-order valence-electron chi connectivity index (χ1n) is 10.1. The molecule has 0 aliphatic carbocycles. The molecular weight excluding hydrogens is 298 g/mol. The summed E-state index contributed by atoms with van der Waals surface area (Å²) in [5.74, 6) is 0.303. The van der Waals surface area contributed by atoms with Crippen LogP contribution in [0.4, 0.5) is 5.82 Å². The van der Waals surface area contributed by atoms with Crippen LogP contribution in [0.1, 0.15) is 96.8 Å². The van der Waals surface area contributed by atoms with E-state index in [1.165, 1.54) is 83.5 Å². The summed E-state index contributed by atoms with van der Waals surface area (Å²) in [6.45, 7) is 3.03. The average Bonchev–Trinajstić information content (AvgIpc) is 2.57. The van der Waals surface area contributed by atoms with Crippen LogP contribution in [0.3, 0.4) is 0 Å². The lowest BCUT2D eigenvalue weighted by Gasteiger charge is -2.05. The number of nitrogens with zero attached hydrogens (tertiary/aromatic N) is 2. The summed E-state index contributed by atoms with van der Waals surface area (Å²) < 4.78 is 1.65. The summed E-state index contributed by atoms with van der Waals surface area (Å²) >= 11 is 0. The maximum absolute atomic E-state index is 11.6. The van der Waals surface area contributed by atoms with Crippen molar-refractivity contribution in [2.45, 2.75) is 103 Å². The second-order valence-corrected chi connectivity index (χ2v) is 6.92. The predicted molar refractivity (Wildman–Crippen MR) is 103 cm³/mol. The molecular formula is C20H37N3O. The Labute approximate surface area is 147 Å². The largest absolute Gasteiger partial charge is 0.383 e. The molecule has 0 fully saturated rings. The van der Waals surface area contributed by atoms with Gasteiger partial charge in [-0.15, -0.1) is 0 Å². The lowest BCUT2D eigenvalue weighted by atomic mass is 10.0. The Morgan fingerprint density at radius 1 is 0.833 bits per heavy atom. The molecule has 0 saturated heterocycles. The molecule has 1 rings (SSSR count). The zero-order valence-corrected chi connectivity index (χ0v) is 15.6. The monoisotopic (exact) mass is 335 g/mol. The molecule has 0 radical (unpaired) electrons. The smallest absolute Gasteiger partial charge is 0.349 e. The van der Waals surface area contributed by atoms with Crippen molar-refractivity contribution in [3.05, 3.63) is 22.7 Å². The molecule has 4 nitrogen and oxygen atoms in total. The minimum atomic E-state index is -0.232. The van der Waals surface area contributed by atoms with Crippen molar-refractivity contribution in [2.24, 2.45) is 0 Å². The van der Waals surface area contributed by atoms with Crippen LogP contribution < -0.4 is 11.4 Å². The standard InChI is InChI=1S/C20H37N3O/c1-2-3-4-5-6-7-8-9-10-11-12-13-14-15-17-23-18-16-19(21)22-20(23)24/h16,18H,2-15,17H2,1H3,(H2,21,22,24). The molecule has 0 amide bonds. The van der Waals surface area contributed by atoms with E-state index in [9.17, 15) is 4.79 Å². The maximum Gasteiger partial charge on any atom is 0.349 e. The van der Waals surface area contributed by atoms with Crippen molar-refractivity contribution in [3.8, 4) is 0 Å². The van der Waals surface area contributed by atoms with Crippen molar-refractivity contribution in [2.75, 3.05) is 5.73 Å². The van der Waals surface area contributed by atoms with Crippen LogP contribution in [-0.4, -0.2) is 9.55 Å². The first kappa shape index (κ1) is 20.7. The van der Waals surface area contributed by atoms with E-state index in [-0.39, 0.29) is 5.69 Å². The van der Waals surface area contributed by atoms with Gasteiger partial charge in [-0.3, -0.25) is 4.57 Å². The average molecular weight is 336 g/mol. The van der Waals surface area contributed by atoms with E-state index in [0.717, 1.165) is 13.0 Å². The normalized spacial score (nSPS) is 11.0. The molecule has 4 heteroatoms. The van der Waals surface area contributed by atoms with Gasteiger partial charge in [0.1, 0.15) is 5.82 Å². The fraction of sp³-hybridized carbons (Fsp3) is 0.800. The van der Waals surface area contributed by atoms with Gasteiger partial charge in [0.25, 0.3) is 0 Å². The molecule has 1 heterocycles. The number of anilines is 1. The fourth-order valence-corrected chi connectivity index (χ4v) is 3.09. The van der Waals surface area contributed by atoms with E-state index >= 15 is 0 Å². The Kier molecular flexibility index (Phi) is 12.1. The molecule has 138 valence electrons. The highest BCUT2D eigenvalue weighted by Crippen LogP contribution is 2.13. The highest BCUT2D eigenvalue weighted by atomic mass is 16.1. The lowest BCUT2D eigenvalue weighted by Crippen LogP contribution is -2.23. The number of aromatic nitrogens is 2. The van der Waals surface area contributed by atoms with E-state index in [1.807, 2.05) is 0 Å². The second-order valence-electron chi connectivity index (χ2n) is 6.92. The number of aryl methyl sites for hydroxylation is 1. The van der Waals surface area contributed by atoms with Gasteiger partial charge in [0.2, 0.25) is 0 Å². The van der Waals surface area contributed by atoms with Crippen molar-refractivity contribution in [3.63, 3.8) is 0 Å². The molecule has 1 aromatic heterocycles. The molecule has 0 unspecified atom stereocenters. The van der Waals surface area contributed by atoms with Crippen LogP contribution in [0, 0.1) is 0 Å². The summed E-state index contributed by atoms with van der Waals surface area (Å²) in [4.78, 5) is 15.3. The number of rotatable bonds is 15. The number of hydrogen-bond donors (Lipinski definition) is 1. The van der Waals surface area contributed by atoms with Crippen LogP contribution in [-0.2, 0) is 6.54 Å². The minimum Gasteiger partial charge on any atom is -0.383 e. The predicted octanol–water partition coefficient (Wildman–Crippen LogP) is 5.31. The number of unbranched alkanes of at least 4 members (excludes halogenated alkanes) is 13. The third-order valence-electron chi connectivity index (χ3n) is 4.65. The second kappa shape index (κ2) is 14.1. The molecule has 0 aliphatic rings. The van der Waals surface area contributed by atoms with Crippen LogP contribution in [0.5, 0.6) is 0 Å². The maximum atomic E-state index is 11.6. The summed E-state index contributed by atoms with van der Waals surface area (Å²) in [6, 6.07) is 1.69. The van der Waals surface area contributed by atoms with Crippen LogP contribution in [0.2, 0.25) is 0 Å². The number of nitrogens with two attached hydrogens (primary N) is 1. The summed E-state index contributed by atoms with van der Waals surface area (Å²) in [5, 5.41) is 0. The summed E-state index contributed by atoms with van der Waals surface area (Å²) in [6.07, 6.45) is 20.6. The van der Waals surface area contributed by atoms with Crippen LogP contribution in [0.15, 0.2) is 17.1 Å². The number of nitrogen functional groups attached to an aromatic ring is 1. The van der Waals surface area contributed by atoms with Gasteiger partial charge >= 0.3 is 5.69 Å². The van der Waals surface area contributed by atoms with E-state index in [1.54, 1.807) is 16.8 Å². The van der Waals surface area contributed by atoms with Crippen molar-refractivity contribution >= 4 is 5.82 Å². The van der Waals surface area contributed by atoms with Gasteiger partial charge in [0.05, 0.1) is 0 Å². The van der Waals surface area contributed by atoms with Gasteiger partial charge in [-0.05, 0) is 12.5 Å². The van der Waals surface area contributed by atoms with Gasteiger partial charge in [0.15, 0.2) is 0 Å². The Morgan fingerprint density at radius 3 is 1.75 bits per heavy atom. The SMILES string of the molecule is CCCCCCCCCCCCCCCCn1ccc(N)nc1=O.